The summed E-state index contributed by atoms with van der Waals surface area (Å²) in [5, 5.41) is 16.6. The molecule has 2 aromatic heterocycles. The van der Waals surface area contributed by atoms with Crippen LogP contribution in [0.15, 0.2) is 42.9 Å². The summed E-state index contributed by atoms with van der Waals surface area (Å²) in [4.78, 5) is 17.1. The lowest BCUT2D eigenvalue weighted by molar-refractivity contribution is 0.103. The quantitative estimate of drug-likeness (QED) is 0.753. The molecule has 2 heterocycles. The summed E-state index contributed by atoms with van der Waals surface area (Å²) in [6.07, 6.45) is 5.76. The fourth-order valence-electron chi connectivity index (χ4n) is 2.12. The minimum atomic E-state index is -0.187. The molecule has 1 aromatic carbocycles. The monoisotopic (exact) mass is 328 g/mol. The van der Waals surface area contributed by atoms with Crippen LogP contribution in [0.1, 0.15) is 15.2 Å². The highest BCUT2D eigenvalue weighted by Gasteiger charge is 2.13. The van der Waals surface area contributed by atoms with Crippen LogP contribution in [0.4, 0.5) is 5.69 Å². The zero-order valence-electron chi connectivity index (χ0n) is 12.6. The molecule has 0 aliphatic rings. The fraction of sp³-hybridized carbons (Fsp3) is 0.188. The normalized spacial score (nSPS) is 10.7. The molecule has 0 atom stereocenters. The highest BCUT2D eigenvalue weighted by Crippen LogP contribution is 2.25. The van der Waals surface area contributed by atoms with Crippen LogP contribution in [0.25, 0.3) is 10.6 Å². The van der Waals surface area contributed by atoms with E-state index in [-0.39, 0.29) is 12.5 Å². The van der Waals surface area contributed by atoms with Gasteiger partial charge in [-0.15, -0.1) is 11.3 Å². The van der Waals surface area contributed by atoms with Gasteiger partial charge in [-0.25, -0.2) is 4.98 Å². The molecule has 0 saturated heterocycles. The highest BCUT2D eigenvalue weighted by atomic mass is 32.1. The van der Waals surface area contributed by atoms with E-state index in [0.717, 1.165) is 16.1 Å². The lowest BCUT2D eigenvalue weighted by Gasteiger charge is -2.04. The Morgan fingerprint density at radius 2 is 2.09 bits per heavy atom. The Balaban J connectivity index is 1.70. The van der Waals surface area contributed by atoms with Gasteiger partial charge in [0.2, 0.25) is 0 Å². The number of aliphatic hydroxyl groups is 1. The molecule has 2 N–H and O–H groups in total. The number of rotatable bonds is 5. The van der Waals surface area contributed by atoms with Gasteiger partial charge in [-0.1, -0.05) is 12.1 Å². The van der Waals surface area contributed by atoms with E-state index in [0.29, 0.717) is 17.0 Å². The molecule has 0 aliphatic heterocycles. The molecular formula is C16H16N4O2S. The van der Waals surface area contributed by atoms with Crippen molar-refractivity contribution in [2.24, 2.45) is 7.05 Å². The smallest absolute Gasteiger partial charge is 0.267 e. The number of hydrogen-bond donors (Lipinski definition) is 2. The number of benzene rings is 1. The van der Waals surface area contributed by atoms with E-state index < -0.39 is 0 Å². The van der Waals surface area contributed by atoms with E-state index >= 15 is 0 Å². The van der Waals surface area contributed by atoms with Gasteiger partial charge in [-0.2, -0.15) is 5.10 Å². The van der Waals surface area contributed by atoms with Crippen LogP contribution in [-0.2, 0) is 13.5 Å². The van der Waals surface area contributed by atoms with Crippen molar-refractivity contribution < 1.29 is 9.90 Å². The van der Waals surface area contributed by atoms with Crippen LogP contribution in [0.3, 0.4) is 0 Å². The van der Waals surface area contributed by atoms with Crippen molar-refractivity contribution in [3.05, 3.63) is 53.3 Å². The van der Waals surface area contributed by atoms with Gasteiger partial charge in [0.25, 0.3) is 5.91 Å². The molecular weight excluding hydrogens is 312 g/mol. The number of carbonyl (C=O) groups is 1. The fourth-order valence-corrected chi connectivity index (χ4v) is 2.91. The molecule has 1 amide bonds. The van der Waals surface area contributed by atoms with Crippen LogP contribution in [0, 0.1) is 0 Å². The van der Waals surface area contributed by atoms with Crippen LogP contribution in [-0.4, -0.2) is 32.4 Å². The number of aliphatic hydroxyl groups excluding tert-OH is 1. The first kappa shape index (κ1) is 15.4. The summed E-state index contributed by atoms with van der Waals surface area (Å²) < 4.78 is 1.70. The second-order valence-corrected chi connectivity index (χ2v) is 6.09. The van der Waals surface area contributed by atoms with Gasteiger partial charge in [-0.3, -0.25) is 9.48 Å². The predicted octanol–water partition coefficient (Wildman–Crippen LogP) is 2.33. The molecule has 3 rings (SSSR count). The number of thiazole rings is 1. The standard InChI is InChI=1S/C16H16N4O2S/c1-20-10-12(8-18-20)16-17-9-14(23-16)15(22)19-13-4-2-11(3-5-13)6-7-21/h2-5,8-10,21H,6-7H2,1H3,(H,19,22). The van der Waals surface area contributed by atoms with Crippen LogP contribution < -0.4 is 5.32 Å². The molecule has 23 heavy (non-hydrogen) atoms. The molecule has 0 unspecified atom stereocenters. The Kier molecular flexibility index (Phi) is 4.50. The summed E-state index contributed by atoms with van der Waals surface area (Å²) in [5.41, 5.74) is 2.64. The third-order valence-electron chi connectivity index (χ3n) is 3.29. The summed E-state index contributed by atoms with van der Waals surface area (Å²) in [6, 6.07) is 7.43. The third kappa shape index (κ3) is 3.64. The first-order chi connectivity index (χ1) is 11.2. The summed E-state index contributed by atoms with van der Waals surface area (Å²) in [7, 11) is 1.84. The van der Waals surface area contributed by atoms with E-state index in [1.165, 1.54) is 11.3 Å². The van der Waals surface area contributed by atoms with E-state index in [4.69, 9.17) is 5.11 Å². The number of aromatic nitrogens is 3. The van der Waals surface area contributed by atoms with Gasteiger partial charge in [0.1, 0.15) is 9.88 Å². The van der Waals surface area contributed by atoms with Crippen molar-refractivity contribution in [2.75, 3.05) is 11.9 Å². The molecule has 6 nitrogen and oxygen atoms in total. The van der Waals surface area contributed by atoms with Crippen LogP contribution in [0.2, 0.25) is 0 Å². The van der Waals surface area contributed by atoms with Crippen molar-refractivity contribution in [1.82, 2.24) is 14.8 Å². The van der Waals surface area contributed by atoms with Gasteiger partial charge in [-0.05, 0) is 24.1 Å². The van der Waals surface area contributed by atoms with Crippen LogP contribution in [0.5, 0.6) is 0 Å². The van der Waals surface area contributed by atoms with Gasteiger partial charge in [0, 0.05) is 31.1 Å². The second kappa shape index (κ2) is 6.72. The molecule has 7 heteroatoms. The SMILES string of the molecule is Cn1cc(-c2ncc(C(=O)Nc3ccc(CCO)cc3)s2)cn1. The van der Waals surface area contributed by atoms with Crippen molar-refractivity contribution >= 4 is 22.9 Å². The topological polar surface area (TPSA) is 80.0 Å². The Morgan fingerprint density at radius 3 is 2.74 bits per heavy atom. The minimum Gasteiger partial charge on any atom is -0.396 e. The number of carbonyl (C=O) groups excluding carboxylic acids is 1. The lowest BCUT2D eigenvalue weighted by atomic mass is 10.1. The maximum atomic E-state index is 12.3. The number of nitrogens with one attached hydrogen (secondary N) is 1. The number of aryl methyl sites for hydroxylation is 1. The summed E-state index contributed by atoms with van der Waals surface area (Å²) in [5.74, 6) is -0.187. The Labute approximate surface area is 137 Å². The van der Waals surface area contributed by atoms with Gasteiger partial charge < -0.3 is 10.4 Å². The number of anilines is 1. The summed E-state index contributed by atoms with van der Waals surface area (Å²) >= 11 is 1.33. The molecule has 0 spiro atoms. The van der Waals surface area contributed by atoms with E-state index in [1.54, 1.807) is 17.1 Å². The maximum absolute atomic E-state index is 12.3. The average Bonchev–Trinajstić information content (AvgIpc) is 3.18. The van der Waals surface area contributed by atoms with Gasteiger partial charge >= 0.3 is 0 Å². The van der Waals surface area contributed by atoms with E-state index in [1.807, 2.05) is 37.5 Å². The largest absolute Gasteiger partial charge is 0.396 e. The second-order valence-electron chi connectivity index (χ2n) is 5.06. The molecule has 3 aromatic rings. The Morgan fingerprint density at radius 1 is 1.30 bits per heavy atom. The lowest BCUT2D eigenvalue weighted by Crippen LogP contribution is -2.10. The van der Waals surface area contributed by atoms with E-state index in [2.05, 4.69) is 15.4 Å². The maximum Gasteiger partial charge on any atom is 0.267 e. The summed E-state index contributed by atoms with van der Waals surface area (Å²) in [6.45, 7) is 0.115. The predicted molar refractivity (Wildman–Crippen MR) is 89.5 cm³/mol. The molecule has 0 bridgehead atoms. The molecule has 0 aliphatic carbocycles. The molecule has 0 saturated carbocycles. The van der Waals surface area contributed by atoms with E-state index in [9.17, 15) is 4.79 Å². The Bertz CT molecular complexity index is 808. The van der Waals surface area contributed by atoms with Gasteiger partial charge in [0.05, 0.1) is 12.4 Å². The zero-order valence-corrected chi connectivity index (χ0v) is 13.4. The number of hydrogen-bond acceptors (Lipinski definition) is 5. The average molecular weight is 328 g/mol. The van der Waals surface area contributed by atoms with Crippen molar-refractivity contribution in [1.29, 1.82) is 0 Å². The van der Waals surface area contributed by atoms with Crippen molar-refractivity contribution in [2.45, 2.75) is 6.42 Å². The number of amides is 1. The van der Waals surface area contributed by atoms with Crippen molar-refractivity contribution in [3.8, 4) is 10.6 Å². The van der Waals surface area contributed by atoms with Crippen LogP contribution >= 0.6 is 11.3 Å². The molecule has 0 fully saturated rings. The minimum absolute atomic E-state index is 0.115. The van der Waals surface area contributed by atoms with Crippen molar-refractivity contribution in [3.63, 3.8) is 0 Å². The first-order valence-corrected chi connectivity index (χ1v) is 7.93. The molecule has 118 valence electrons. The van der Waals surface area contributed by atoms with Gasteiger partial charge in [0.15, 0.2) is 0 Å². The highest BCUT2D eigenvalue weighted by molar-refractivity contribution is 7.17. The molecule has 0 radical (unpaired) electrons. The number of nitrogens with zero attached hydrogens (tertiary/aromatic N) is 3. The first-order valence-electron chi connectivity index (χ1n) is 7.11. The zero-order chi connectivity index (χ0) is 16.2. The third-order valence-corrected chi connectivity index (χ3v) is 4.34. The Hall–Kier alpha value is -2.51.